The maximum Gasteiger partial charge on any atom is 0.225 e. The summed E-state index contributed by atoms with van der Waals surface area (Å²) in [5.74, 6) is 2.09. The molecule has 25 heavy (non-hydrogen) atoms. The predicted molar refractivity (Wildman–Crippen MR) is 92.6 cm³/mol. The zero-order chi connectivity index (χ0) is 17.8. The summed E-state index contributed by atoms with van der Waals surface area (Å²) in [5, 5.41) is 7.07. The van der Waals surface area contributed by atoms with E-state index in [0.717, 1.165) is 63.6 Å². The van der Waals surface area contributed by atoms with Crippen molar-refractivity contribution in [3.05, 3.63) is 11.6 Å². The van der Waals surface area contributed by atoms with E-state index < -0.39 is 0 Å². The van der Waals surface area contributed by atoms with E-state index in [1.54, 1.807) is 6.92 Å². The number of likely N-dealkylation sites (tertiary alicyclic amines) is 1. The Morgan fingerprint density at radius 3 is 2.48 bits per heavy atom. The zero-order valence-corrected chi connectivity index (χ0v) is 15.2. The van der Waals surface area contributed by atoms with Crippen LogP contribution in [0.2, 0.25) is 0 Å². The fourth-order valence-electron chi connectivity index (χ4n) is 3.71. The zero-order valence-electron chi connectivity index (χ0n) is 15.2. The number of H-pyrrole nitrogens is 1. The Balaban J connectivity index is 1.49. The molecule has 0 bridgehead atoms. The van der Waals surface area contributed by atoms with E-state index in [1.807, 2.05) is 16.7 Å². The summed E-state index contributed by atoms with van der Waals surface area (Å²) in [6.45, 7) is 9.02. The van der Waals surface area contributed by atoms with Crippen LogP contribution in [0.15, 0.2) is 0 Å². The molecule has 2 aliphatic heterocycles. The Hall–Kier alpha value is -1.96. The molecule has 2 aliphatic rings. The lowest BCUT2D eigenvalue weighted by Crippen LogP contribution is -2.44. The molecule has 3 rings (SSSR count). The summed E-state index contributed by atoms with van der Waals surface area (Å²) in [4.78, 5) is 34.8. The summed E-state index contributed by atoms with van der Waals surface area (Å²) >= 11 is 0. The summed E-state index contributed by atoms with van der Waals surface area (Å²) in [5.41, 5.74) is 0. The van der Waals surface area contributed by atoms with E-state index in [4.69, 9.17) is 0 Å². The molecule has 0 saturated carbocycles. The Morgan fingerprint density at radius 2 is 1.84 bits per heavy atom. The number of hydrogen-bond acceptors (Lipinski definition) is 5. The molecule has 3 heterocycles. The van der Waals surface area contributed by atoms with Gasteiger partial charge in [0.15, 0.2) is 5.82 Å². The van der Waals surface area contributed by atoms with Crippen molar-refractivity contribution >= 4 is 11.8 Å². The molecule has 0 atom stereocenters. The normalized spacial score (nSPS) is 20.6. The van der Waals surface area contributed by atoms with Crippen molar-refractivity contribution in [2.75, 3.05) is 39.3 Å². The number of aromatic amines is 1. The van der Waals surface area contributed by atoms with Crippen molar-refractivity contribution in [1.29, 1.82) is 0 Å². The number of nitrogens with zero attached hydrogens (tertiary/aromatic N) is 5. The lowest BCUT2D eigenvalue weighted by Gasteiger charge is -2.33. The molecule has 2 amide bonds. The minimum Gasteiger partial charge on any atom is -0.343 e. The van der Waals surface area contributed by atoms with Gasteiger partial charge in [0.05, 0.1) is 6.54 Å². The van der Waals surface area contributed by atoms with Crippen LogP contribution in [-0.2, 0) is 16.1 Å². The second-order valence-electron chi connectivity index (χ2n) is 7.07. The SMILES string of the molecule is CC(=O)N1CCC(C(=O)N2CCCN(Cc3n[nH]c(C)n3)CC2)CC1. The highest BCUT2D eigenvalue weighted by molar-refractivity contribution is 5.79. The van der Waals surface area contributed by atoms with Crippen LogP contribution < -0.4 is 0 Å². The van der Waals surface area contributed by atoms with Gasteiger partial charge in [-0.1, -0.05) is 0 Å². The number of carbonyl (C=O) groups is 2. The van der Waals surface area contributed by atoms with Crippen LogP contribution in [0.3, 0.4) is 0 Å². The molecule has 0 unspecified atom stereocenters. The number of amides is 2. The van der Waals surface area contributed by atoms with Crippen LogP contribution in [-0.4, -0.2) is 81.0 Å². The van der Waals surface area contributed by atoms with Gasteiger partial charge >= 0.3 is 0 Å². The van der Waals surface area contributed by atoms with E-state index in [1.165, 1.54) is 0 Å². The first-order valence-corrected chi connectivity index (χ1v) is 9.17. The third kappa shape index (κ3) is 4.56. The van der Waals surface area contributed by atoms with Gasteiger partial charge in [-0.2, -0.15) is 5.10 Å². The molecule has 0 spiro atoms. The number of nitrogens with one attached hydrogen (secondary N) is 1. The highest BCUT2D eigenvalue weighted by atomic mass is 16.2. The number of aryl methyl sites for hydroxylation is 1. The van der Waals surface area contributed by atoms with Gasteiger partial charge in [-0.3, -0.25) is 19.6 Å². The number of rotatable bonds is 3. The van der Waals surface area contributed by atoms with Gasteiger partial charge in [0.1, 0.15) is 5.82 Å². The molecule has 8 nitrogen and oxygen atoms in total. The second kappa shape index (κ2) is 7.95. The first kappa shape index (κ1) is 17.8. The molecule has 0 radical (unpaired) electrons. The van der Waals surface area contributed by atoms with Gasteiger partial charge in [-0.15, -0.1) is 0 Å². The average Bonchev–Trinajstić information content (AvgIpc) is 2.87. The first-order valence-electron chi connectivity index (χ1n) is 9.17. The van der Waals surface area contributed by atoms with Gasteiger partial charge in [0.25, 0.3) is 0 Å². The minimum atomic E-state index is 0.0674. The third-order valence-corrected chi connectivity index (χ3v) is 5.20. The quantitative estimate of drug-likeness (QED) is 0.855. The van der Waals surface area contributed by atoms with Crippen LogP contribution in [0.25, 0.3) is 0 Å². The molecular weight excluding hydrogens is 320 g/mol. The Labute approximate surface area is 148 Å². The van der Waals surface area contributed by atoms with E-state index in [0.29, 0.717) is 13.1 Å². The van der Waals surface area contributed by atoms with Gasteiger partial charge in [-0.25, -0.2) is 4.98 Å². The lowest BCUT2D eigenvalue weighted by atomic mass is 9.95. The van der Waals surface area contributed by atoms with Gasteiger partial charge < -0.3 is 9.80 Å². The lowest BCUT2D eigenvalue weighted by molar-refractivity contribution is -0.140. The van der Waals surface area contributed by atoms with Crippen molar-refractivity contribution in [2.45, 2.75) is 39.7 Å². The molecule has 138 valence electrons. The summed E-state index contributed by atoms with van der Waals surface area (Å²) in [6, 6.07) is 0. The third-order valence-electron chi connectivity index (χ3n) is 5.20. The highest BCUT2D eigenvalue weighted by Crippen LogP contribution is 2.21. The van der Waals surface area contributed by atoms with E-state index in [2.05, 4.69) is 20.1 Å². The fourth-order valence-corrected chi connectivity index (χ4v) is 3.71. The molecule has 1 aromatic rings. The summed E-state index contributed by atoms with van der Waals surface area (Å²) in [6.07, 6.45) is 2.55. The molecule has 0 aromatic carbocycles. The maximum atomic E-state index is 12.8. The smallest absolute Gasteiger partial charge is 0.225 e. The number of aromatic nitrogens is 3. The topological polar surface area (TPSA) is 85.4 Å². The van der Waals surface area contributed by atoms with Crippen molar-refractivity contribution in [2.24, 2.45) is 5.92 Å². The maximum absolute atomic E-state index is 12.8. The summed E-state index contributed by atoms with van der Waals surface area (Å²) < 4.78 is 0. The number of hydrogen-bond donors (Lipinski definition) is 1. The molecule has 2 saturated heterocycles. The van der Waals surface area contributed by atoms with Crippen LogP contribution in [0.4, 0.5) is 0 Å². The minimum absolute atomic E-state index is 0.0674. The van der Waals surface area contributed by atoms with Crippen molar-refractivity contribution < 1.29 is 9.59 Å². The van der Waals surface area contributed by atoms with Crippen LogP contribution in [0, 0.1) is 12.8 Å². The van der Waals surface area contributed by atoms with E-state index >= 15 is 0 Å². The molecule has 0 aliphatic carbocycles. The highest BCUT2D eigenvalue weighted by Gasteiger charge is 2.30. The van der Waals surface area contributed by atoms with Crippen LogP contribution in [0.5, 0.6) is 0 Å². The second-order valence-corrected chi connectivity index (χ2v) is 7.07. The van der Waals surface area contributed by atoms with Gasteiger partial charge in [-0.05, 0) is 26.2 Å². The fraction of sp³-hybridized carbons (Fsp3) is 0.765. The Morgan fingerprint density at radius 1 is 1.08 bits per heavy atom. The van der Waals surface area contributed by atoms with Crippen LogP contribution >= 0.6 is 0 Å². The van der Waals surface area contributed by atoms with Gasteiger partial charge in [0.2, 0.25) is 11.8 Å². The van der Waals surface area contributed by atoms with Crippen molar-refractivity contribution in [1.82, 2.24) is 29.9 Å². The molecule has 1 N–H and O–H groups in total. The molecular formula is C17H28N6O2. The van der Waals surface area contributed by atoms with Crippen molar-refractivity contribution in [3.8, 4) is 0 Å². The molecule has 2 fully saturated rings. The monoisotopic (exact) mass is 348 g/mol. The number of carbonyl (C=O) groups excluding carboxylic acids is 2. The summed E-state index contributed by atoms with van der Waals surface area (Å²) in [7, 11) is 0. The van der Waals surface area contributed by atoms with Crippen molar-refractivity contribution in [3.63, 3.8) is 0 Å². The molecule has 1 aromatic heterocycles. The van der Waals surface area contributed by atoms with E-state index in [-0.39, 0.29) is 17.7 Å². The largest absolute Gasteiger partial charge is 0.343 e. The number of piperidine rings is 1. The van der Waals surface area contributed by atoms with E-state index in [9.17, 15) is 9.59 Å². The van der Waals surface area contributed by atoms with Gasteiger partial charge in [0, 0.05) is 52.1 Å². The predicted octanol–water partition coefficient (Wildman–Crippen LogP) is 0.406. The Kier molecular flexibility index (Phi) is 5.67. The van der Waals surface area contributed by atoms with Crippen LogP contribution in [0.1, 0.15) is 37.8 Å². The Bertz CT molecular complexity index is 608. The molecule has 8 heteroatoms. The first-order chi connectivity index (χ1) is 12.0. The standard InChI is InChI=1S/C17H28N6O2/c1-13-18-16(20-19-13)12-21-6-3-7-23(11-10-21)17(25)15-4-8-22(9-5-15)14(2)24/h15H,3-12H2,1-2H3,(H,18,19,20). The average molecular weight is 348 g/mol.